The standard InChI is InChI=1S/C19H28O5S/c1-6-25-16-9-7-15(8-10-16)19(22,17(20)23-11-13(2)3)18(21)24-12-14(4)5/h7-10,13-14,22H,6,11-12H2,1-5H3. The Labute approximate surface area is 154 Å². The molecular formula is C19H28O5S. The van der Waals surface area contributed by atoms with E-state index in [9.17, 15) is 14.7 Å². The zero-order chi connectivity index (χ0) is 19.0. The summed E-state index contributed by atoms with van der Waals surface area (Å²) in [6.07, 6.45) is 0. The largest absolute Gasteiger partial charge is 0.463 e. The number of carbonyl (C=O) groups excluding carboxylic acids is 2. The molecule has 0 fully saturated rings. The zero-order valence-electron chi connectivity index (χ0n) is 15.6. The molecule has 0 spiro atoms. The lowest BCUT2D eigenvalue weighted by Crippen LogP contribution is -2.46. The van der Waals surface area contributed by atoms with E-state index >= 15 is 0 Å². The van der Waals surface area contributed by atoms with E-state index < -0.39 is 17.5 Å². The summed E-state index contributed by atoms with van der Waals surface area (Å²) in [6.45, 7) is 9.76. The van der Waals surface area contributed by atoms with Crippen LogP contribution in [0.1, 0.15) is 40.2 Å². The van der Waals surface area contributed by atoms with Gasteiger partial charge in [-0.2, -0.15) is 0 Å². The minimum absolute atomic E-state index is 0.0863. The van der Waals surface area contributed by atoms with Gasteiger partial charge in [0, 0.05) is 10.5 Å². The molecule has 0 amide bonds. The summed E-state index contributed by atoms with van der Waals surface area (Å²) in [5, 5.41) is 10.9. The van der Waals surface area contributed by atoms with Crippen LogP contribution in [0.5, 0.6) is 0 Å². The van der Waals surface area contributed by atoms with Gasteiger partial charge in [0.1, 0.15) is 0 Å². The summed E-state index contributed by atoms with van der Waals surface area (Å²) >= 11 is 1.63. The van der Waals surface area contributed by atoms with Crippen molar-refractivity contribution in [2.24, 2.45) is 11.8 Å². The minimum atomic E-state index is -2.46. The molecule has 0 aliphatic rings. The topological polar surface area (TPSA) is 72.8 Å². The van der Waals surface area contributed by atoms with E-state index in [1.807, 2.05) is 34.6 Å². The number of carbonyl (C=O) groups is 2. The summed E-state index contributed by atoms with van der Waals surface area (Å²) in [5.41, 5.74) is -2.31. The normalized spacial score (nSPS) is 11.7. The van der Waals surface area contributed by atoms with Crippen LogP contribution in [0.15, 0.2) is 29.2 Å². The van der Waals surface area contributed by atoms with Crippen LogP contribution in [0.25, 0.3) is 0 Å². The van der Waals surface area contributed by atoms with Crippen molar-refractivity contribution in [2.45, 2.75) is 45.1 Å². The van der Waals surface area contributed by atoms with Gasteiger partial charge in [-0.25, -0.2) is 9.59 Å². The minimum Gasteiger partial charge on any atom is -0.463 e. The van der Waals surface area contributed by atoms with Crippen molar-refractivity contribution in [1.29, 1.82) is 0 Å². The number of hydrogen-bond acceptors (Lipinski definition) is 6. The van der Waals surface area contributed by atoms with Crippen molar-refractivity contribution < 1.29 is 24.2 Å². The molecule has 140 valence electrons. The number of rotatable bonds is 9. The number of ether oxygens (including phenoxy) is 2. The van der Waals surface area contributed by atoms with E-state index in [1.54, 1.807) is 36.0 Å². The molecule has 0 unspecified atom stereocenters. The fourth-order valence-corrected chi connectivity index (χ4v) is 2.63. The Bertz CT molecular complexity index is 542. The van der Waals surface area contributed by atoms with Gasteiger partial charge >= 0.3 is 11.9 Å². The summed E-state index contributed by atoms with van der Waals surface area (Å²) in [6, 6.07) is 6.65. The highest BCUT2D eigenvalue weighted by atomic mass is 32.2. The second-order valence-corrected chi connectivity index (χ2v) is 7.99. The summed E-state index contributed by atoms with van der Waals surface area (Å²) in [5.74, 6) is -0.945. The molecule has 6 heteroatoms. The average Bonchev–Trinajstić information content (AvgIpc) is 2.57. The Balaban J connectivity index is 3.12. The third-order valence-electron chi connectivity index (χ3n) is 3.27. The average molecular weight is 368 g/mol. The Kier molecular flexibility index (Phi) is 8.45. The van der Waals surface area contributed by atoms with Crippen LogP contribution in [0.3, 0.4) is 0 Å². The third kappa shape index (κ3) is 6.04. The van der Waals surface area contributed by atoms with Gasteiger partial charge in [-0.15, -0.1) is 11.8 Å². The highest BCUT2D eigenvalue weighted by Gasteiger charge is 2.49. The molecule has 0 aliphatic heterocycles. The molecule has 0 aromatic heterocycles. The van der Waals surface area contributed by atoms with Crippen LogP contribution >= 0.6 is 11.8 Å². The molecule has 0 saturated carbocycles. The Morgan fingerprint density at radius 2 is 1.44 bits per heavy atom. The number of aliphatic hydroxyl groups is 1. The van der Waals surface area contributed by atoms with Crippen LogP contribution in [-0.4, -0.2) is 36.0 Å². The Morgan fingerprint density at radius 3 is 1.80 bits per heavy atom. The smallest absolute Gasteiger partial charge is 0.354 e. The number of hydrogen-bond donors (Lipinski definition) is 1. The van der Waals surface area contributed by atoms with Gasteiger partial charge < -0.3 is 14.6 Å². The maximum Gasteiger partial charge on any atom is 0.354 e. The molecule has 25 heavy (non-hydrogen) atoms. The van der Waals surface area contributed by atoms with E-state index in [-0.39, 0.29) is 30.6 Å². The number of esters is 2. The van der Waals surface area contributed by atoms with Gasteiger partial charge in [0.15, 0.2) is 0 Å². The maximum atomic E-state index is 12.5. The lowest BCUT2D eigenvalue weighted by atomic mass is 9.94. The number of benzene rings is 1. The SMILES string of the molecule is CCSc1ccc(C(O)(C(=O)OCC(C)C)C(=O)OCC(C)C)cc1. The van der Waals surface area contributed by atoms with Crippen LogP contribution in [0.4, 0.5) is 0 Å². The Hall–Kier alpha value is -1.53. The molecule has 1 N–H and O–H groups in total. The van der Waals surface area contributed by atoms with E-state index in [1.165, 1.54) is 0 Å². The highest BCUT2D eigenvalue weighted by molar-refractivity contribution is 7.99. The summed E-state index contributed by atoms with van der Waals surface area (Å²) < 4.78 is 10.3. The van der Waals surface area contributed by atoms with Gasteiger partial charge in [-0.1, -0.05) is 46.8 Å². The predicted octanol–water partition coefficient (Wildman–Crippen LogP) is 3.38. The third-order valence-corrected chi connectivity index (χ3v) is 4.16. The molecule has 0 heterocycles. The van der Waals surface area contributed by atoms with Crippen molar-refractivity contribution >= 4 is 23.7 Å². The van der Waals surface area contributed by atoms with Gasteiger partial charge in [-0.3, -0.25) is 0 Å². The first kappa shape index (κ1) is 21.5. The second kappa shape index (κ2) is 9.82. The molecule has 0 bridgehead atoms. The molecule has 5 nitrogen and oxygen atoms in total. The van der Waals surface area contributed by atoms with Crippen molar-refractivity contribution in [3.63, 3.8) is 0 Å². The van der Waals surface area contributed by atoms with E-state index in [0.717, 1.165) is 10.6 Å². The molecule has 0 atom stereocenters. The number of thioether (sulfide) groups is 1. The lowest BCUT2D eigenvalue weighted by Gasteiger charge is -2.25. The van der Waals surface area contributed by atoms with Crippen molar-refractivity contribution in [2.75, 3.05) is 19.0 Å². The van der Waals surface area contributed by atoms with Gasteiger partial charge in [-0.05, 0) is 29.7 Å². The molecule has 0 aliphatic carbocycles. The van der Waals surface area contributed by atoms with Gasteiger partial charge in [0.25, 0.3) is 5.60 Å². The van der Waals surface area contributed by atoms with Gasteiger partial charge in [0.2, 0.25) is 0 Å². The molecule has 1 aromatic carbocycles. The van der Waals surface area contributed by atoms with Crippen molar-refractivity contribution in [3.8, 4) is 0 Å². The molecule has 1 aromatic rings. The Morgan fingerprint density at radius 1 is 1.00 bits per heavy atom. The molecular weight excluding hydrogens is 340 g/mol. The first-order valence-corrected chi connectivity index (χ1v) is 9.50. The van der Waals surface area contributed by atoms with Gasteiger partial charge in [0.05, 0.1) is 13.2 Å². The predicted molar refractivity (Wildman–Crippen MR) is 98.3 cm³/mol. The second-order valence-electron chi connectivity index (χ2n) is 6.65. The lowest BCUT2D eigenvalue weighted by molar-refractivity contribution is -0.186. The van der Waals surface area contributed by atoms with E-state index in [4.69, 9.17) is 9.47 Å². The summed E-state index contributed by atoms with van der Waals surface area (Å²) in [4.78, 5) is 26.0. The van der Waals surface area contributed by atoms with E-state index in [2.05, 4.69) is 0 Å². The van der Waals surface area contributed by atoms with Crippen LogP contribution in [0, 0.1) is 11.8 Å². The maximum absolute atomic E-state index is 12.5. The quantitative estimate of drug-likeness (QED) is 0.409. The van der Waals surface area contributed by atoms with Crippen molar-refractivity contribution in [1.82, 2.24) is 0 Å². The zero-order valence-corrected chi connectivity index (χ0v) is 16.4. The van der Waals surface area contributed by atoms with Crippen LogP contribution in [-0.2, 0) is 24.7 Å². The van der Waals surface area contributed by atoms with Crippen LogP contribution in [0.2, 0.25) is 0 Å². The molecule has 0 radical (unpaired) electrons. The molecule has 0 saturated heterocycles. The monoisotopic (exact) mass is 368 g/mol. The fraction of sp³-hybridized carbons (Fsp3) is 0.579. The fourth-order valence-electron chi connectivity index (χ4n) is 1.97. The van der Waals surface area contributed by atoms with E-state index in [0.29, 0.717) is 0 Å². The highest BCUT2D eigenvalue weighted by Crippen LogP contribution is 2.28. The first-order chi connectivity index (χ1) is 11.7. The molecule has 1 rings (SSSR count). The van der Waals surface area contributed by atoms with Crippen molar-refractivity contribution in [3.05, 3.63) is 29.8 Å². The first-order valence-electron chi connectivity index (χ1n) is 8.51. The summed E-state index contributed by atoms with van der Waals surface area (Å²) in [7, 11) is 0. The van der Waals surface area contributed by atoms with Crippen LogP contribution < -0.4 is 0 Å².